The first-order chi connectivity index (χ1) is 11.2. The molecule has 0 aliphatic heterocycles. The molecule has 0 saturated carbocycles. The first kappa shape index (κ1) is 16.4. The van der Waals surface area contributed by atoms with Crippen molar-refractivity contribution in [3.8, 4) is 0 Å². The third-order valence-corrected chi connectivity index (χ3v) is 5.42. The standard InChI is InChI=1S/C19H24BrN2O/c1-2-21-11-12-22(14-21)19(23)10-5-15-3-6-16-8-9-18(20)13-17(16)7-4-15/h8-9,11-15H,2-7,10H2,1H3/q+1. The number of rotatable bonds is 4. The Kier molecular flexibility index (Phi) is 5.31. The van der Waals surface area contributed by atoms with Crippen LogP contribution in [0.5, 0.6) is 0 Å². The number of carbonyl (C=O) groups excluding carboxylic acids is 1. The maximum absolute atomic E-state index is 12.3. The van der Waals surface area contributed by atoms with E-state index in [1.807, 2.05) is 23.3 Å². The lowest BCUT2D eigenvalue weighted by atomic mass is 9.94. The molecule has 1 aromatic heterocycles. The lowest BCUT2D eigenvalue weighted by Crippen LogP contribution is -2.29. The fraction of sp³-hybridized carbons (Fsp3) is 0.474. The average molecular weight is 376 g/mol. The molecule has 3 rings (SSSR count). The van der Waals surface area contributed by atoms with E-state index in [1.54, 1.807) is 4.57 Å². The van der Waals surface area contributed by atoms with E-state index in [9.17, 15) is 4.79 Å². The van der Waals surface area contributed by atoms with Gasteiger partial charge in [-0.05, 0) is 68.2 Å². The number of aryl methyl sites for hydroxylation is 3. The lowest BCUT2D eigenvalue weighted by Gasteiger charge is -2.11. The maximum Gasteiger partial charge on any atom is 0.313 e. The van der Waals surface area contributed by atoms with Gasteiger partial charge < -0.3 is 0 Å². The van der Waals surface area contributed by atoms with E-state index in [0.717, 1.165) is 25.8 Å². The highest BCUT2D eigenvalue weighted by Gasteiger charge is 2.19. The predicted octanol–water partition coefficient (Wildman–Crippen LogP) is 4.17. The molecular weight excluding hydrogens is 352 g/mol. The quantitative estimate of drug-likeness (QED) is 0.581. The summed E-state index contributed by atoms with van der Waals surface area (Å²) >= 11 is 3.57. The summed E-state index contributed by atoms with van der Waals surface area (Å²) in [6, 6.07) is 6.64. The Morgan fingerprint density at radius 3 is 2.83 bits per heavy atom. The van der Waals surface area contributed by atoms with Crippen LogP contribution in [0.25, 0.3) is 0 Å². The van der Waals surface area contributed by atoms with Gasteiger partial charge in [-0.25, -0.2) is 9.36 Å². The lowest BCUT2D eigenvalue weighted by molar-refractivity contribution is -0.692. The Labute approximate surface area is 146 Å². The molecule has 1 unspecified atom stereocenters. The van der Waals surface area contributed by atoms with Gasteiger partial charge in [0.1, 0.15) is 12.4 Å². The second-order valence-electron chi connectivity index (χ2n) is 6.44. The molecule has 2 aromatic rings. The third kappa shape index (κ3) is 4.11. The molecule has 3 nitrogen and oxygen atoms in total. The number of carbonyl (C=O) groups is 1. The summed E-state index contributed by atoms with van der Waals surface area (Å²) in [6.07, 6.45) is 12.0. The summed E-state index contributed by atoms with van der Waals surface area (Å²) in [6.45, 7) is 2.98. The van der Waals surface area contributed by atoms with Crippen molar-refractivity contribution in [2.45, 2.75) is 52.0 Å². The second kappa shape index (κ2) is 7.43. The van der Waals surface area contributed by atoms with Gasteiger partial charge in [0, 0.05) is 4.47 Å². The summed E-state index contributed by atoms with van der Waals surface area (Å²) in [4.78, 5) is 12.3. The minimum Gasteiger partial charge on any atom is -0.246 e. The van der Waals surface area contributed by atoms with E-state index >= 15 is 0 Å². The molecule has 1 aliphatic carbocycles. The summed E-state index contributed by atoms with van der Waals surface area (Å²) < 4.78 is 4.92. The van der Waals surface area contributed by atoms with E-state index in [1.165, 1.54) is 28.4 Å². The van der Waals surface area contributed by atoms with Crippen LogP contribution in [0.2, 0.25) is 0 Å². The number of hydrogen-bond donors (Lipinski definition) is 0. The van der Waals surface area contributed by atoms with Crippen LogP contribution in [-0.4, -0.2) is 10.5 Å². The number of aromatic nitrogens is 2. The normalized spacial score (nSPS) is 17.6. The van der Waals surface area contributed by atoms with Crippen LogP contribution in [0.1, 0.15) is 48.5 Å². The number of benzene rings is 1. The summed E-state index contributed by atoms with van der Waals surface area (Å²) in [7, 11) is 0. The summed E-state index contributed by atoms with van der Waals surface area (Å²) in [5.74, 6) is 0.862. The van der Waals surface area contributed by atoms with Crippen LogP contribution < -0.4 is 4.57 Å². The van der Waals surface area contributed by atoms with E-state index in [2.05, 4.69) is 41.1 Å². The molecule has 0 N–H and O–H groups in total. The first-order valence-electron chi connectivity index (χ1n) is 8.53. The topological polar surface area (TPSA) is 25.9 Å². The van der Waals surface area contributed by atoms with Gasteiger partial charge in [0.25, 0.3) is 6.33 Å². The van der Waals surface area contributed by atoms with E-state index < -0.39 is 0 Å². The molecule has 1 aliphatic rings. The zero-order chi connectivity index (χ0) is 16.2. The van der Waals surface area contributed by atoms with Gasteiger partial charge in [-0.3, -0.25) is 0 Å². The van der Waals surface area contributed by atoms with Crippen molar-refractivity contribution in [3.63, 3.8) is 0 Å². The molecule has 1 aromatic carbocycles. The molecular formula is C19H24BrN2O+. The summed E-state index contributed by atoms with van der Waals surface area (Å²) in [5, 5.41) is 0. The average Bonchev–Trinajstić information content (AvgIpc) is 2.95. The molecule has 0 saturated heterocycles. The van der Waals surface area contributed by atoms with Crippen molar-refractivity contribution in [1.82, 2.24) is 4.57 Å². The van der Waals surface area contributed by atoms with Crippen LogP contribution >= 0.6 is 15.9 Å². The first-order valence-corrected chi connectivity index (χ1v) is 9.32. The van der Waals surface area contributed by atoms with Crippen molar-refractivity contribution < 1.29 is 9.36 Å². The Balaban J connectivity index is 1.54. The van der Waals surface area contributed by atoms with Crippen molar-refractivity contribution in [2.75, 3.05) is 0 Å². The number of fused-ring (bicyclic) bond motifs is 1. The SMILES string of the molecule is CC[n+]1ccn(C(=O)CCC2CCc3ccc(Br)cc3CC2)c1. The number of halogens is 1. The van der Waals surface area contributed by atoms with Crippen molar-refractivity contribution in [1.29, 1.82) is 0 Å². The fourth-order valence-electron chi connectivity index (χ4n) is 3.41. The van der Waals surface area contributed by atoms with Gasteiger partial charge in [-0.2, -0.15) is 4.57 Å². The van der Waals surface area contributed by atoms with Gasteiger partial charge in [-0.15, -0.1) is 0 Å². The molecule has 1 atom stereocenters. The highest BCUT2D eigenvalue weighted by molar-refractivity contribution is 9.10. The van der Waals surface area contributed by atoms with Crippen LogP contribution in [-0.2, 0) is 19.4 Å². The smallest absolute Gasteiger partial charge is 0.246 e. The van der Waals surface area contributed by atoms with E-state index in [0.29, 0.717) is 12.3 Å². The van der Waals surface area contributed by atoms with Crippen LogP contribution in [0.3, 0.4) is 0 Å². The molecule has 23 heavy (non-hydrogen) atoms. The molecule has 122 valence electrons. The van der Waals surface area contributed by atoms with Crippen molar-refractivity contribution >= 4 is 21.8 Å². The Morgan fingerprint density at radius 2 is 2.09 bits per heavy atom. The van der Waals surface area contributed by atoms with Crippen LogP contribution in [0, 0.1) is 5.92 Å². The second-order valence-corrected chi connectivity index (χ2v) is 7.36. The largest absolute Gasteiger partial charge is 0.313 e. The molecule has 0 amide bonds. The molecule has 4 heteroatoms. The van der Waals surface area contributed by atoms with E-state index in [-0.39, 0.29) is 5.91 Å². The van der Waals surface area contributed by atoms with Crippen LogP contribution in [0.4, 0.5) is 0 Å². The molecule has 0 bridgehead atoms. The highest BCUT2D eigenvalue weighted by Crippen LogP contribution is 2.29. The highest BCUT2D eigenvalue weighted by atomic mass is 79.9. The van der Waals surface area contributed by atoms with Crippen molar-refractivity contribution in [2.24, 2.45) is 5.92 Å². The molecule has 0 radical (unpaired) electrons. The number of hydrogen-bond acceptors (Lipinski definition) is 1. The van der Waals surface area contributed by atoms with Gasteiger partial charge in [0.15, 0.2) is 0 Å². The van der Waals surface area contributed by atoms with Crippen LogP contribution in [0.15, 0.2) is 41.4 Å². The molecule has 0 fully saturated rings. The Hall–Kier alpha value is -1.42. The summed E-state index contributed by atoms with van der Waals surface area (Å²) in [5.41, 5.74) is 2.96. The van der Waals surface area contributed by atoms with Gasteiger partial charge in [-0.1, -0.05) is 22.0 Å². The number of nitrogens with zero attached hydrogens (tertiary/aromatic N) is 2. The maximum atomic E-state index is 12.3. The third-order valence-electron chi connectivity index (χ3n) is 4.92. The van der Waals surface area contributed by atoms with Crippen molar-refractivity contribution in [3.05, 3.63) is 52.5 Å². The van der Waals surface area contributed by atoms with Gasteiger partial charge >= 0.3 is 5.91 Å². The molecule has 1 heterocycles. The Bertz CT molecular complexity index is 692. The zero-order valence-corrected chi connectivity index (χ0v) is 15.3. The predicted molar refractivity (Wildman–Crippen MR) is 94.4 cm³/mol. The minimum absolute atomic E-state index is 0.210. The van der Waals surface area contributed by atoms with Gasteiger partial charge in [0.05, 0.1) is 13.0 Å². The fourth-order valence-corrected chi connectivity index (χ4v) is 3.82. The zero-order valence-electron chi connectivity index (χ0n) is 13.7. The monoisotopic (exact) mass is 375 g/mol. The van der Waals surface area contributed by atoms with E-state index in [4.69, 9.17) is 0 Å². The van der Waals surface area contributed by atoms with Gasteiger partial charge in [0.2, 0.25) is 0 Å². The minimum atomic E-state index is 0.210. The number of imidazole rings is 1. The Morgan fingerprint density at radius 1 is 1.30 bits per heavy atom. The molecule has 0 spiro atoms.